The van der Waals surface area contributed by atoms with Gasteiger partial charge in [-0.25, -0.2) is 8.42 Å². The van der Waals surface area contributed by atoms with Gasteiger partial charge in [-0.1, -0.05) is 44.2 Å². The van der Waals surface area contributed by atoms with Crippen LogP contribution in [-0.4, -0.2) is 63.0 Å². The van der Waals surface area contributed by atoms with E-state index in [1.807, 2.05) is 37.3 Å². The summed E-state index contributed by atoms with van der Waals surface area (Å²) in [6.07, 6.45) is 4.40. The zero-order chi connectivity index (χ0) is 28.0. The van der Waals surface area contributed by atoms with Crippen LogP contribution in [0.4, 0.5) is 11.4 Å². The van der Waals surface area contributed by atoms with E-state index in [9.17, 15) is 18.3 Å². The Bertz CT molecular complexity index is 1220. The maximum Gasteiger partial charge on any atom is 0.251 e. The lowest BCUT2D eigenvalue weighted by atomic mass is 9.92. The van der Waals surface area contributed by atoms with Crippen LogP contribution in [0.2, 0.25) is 0 Å². The number of aliphatic hydroxyl groups excluding tert-OH is 1. The van der Waals surface area contributed by atoms with Crippen LogP contribution in [0.5, 0.6) is 0 Å². The number of anilines is 2. The SMILES string of the molecule is CCNc1cc(C(=O)N[C@@H](Cc2ccccc2)[C@H](O)CNC2CCC(C)(C)C2)cc(N2CCCCS2(=O)=O)c1. The molecule has 39 heavy (non-hydrogen) atoms. The van der Waals surface area contributed by atoms with Gasteiger partial charge in [-0.2, -0.15) is 0 Å². The number of nitrogens with one attached hydrogen (secondary N) is 3. The molecule has 4 N–H and O–H groups in total. The van der Waals surface area contributed by atoms with Crippen LogP contribution in [-0.2, 0) is 16.4 Å². The second-order valence-electron chi connectivity index (χ2n) is 11.7. The van der Waals surface area contributed by atoms with Gasteiger partial charge >= 0.3 is 0 Å². The highest BCUT2D eigenvalue weighted by Gasteiger charge is 2.32. The number of nitrogens with zero attached hydrogens (tertiary/aromatic N) is 1. The van der Waals surface area contributed by atoms with Crippen molar-refractivity contribution in [3.05, 3.63) is 59.7 Å². The zero-order valence-corrected chi connectivity index (χ0v) is 24.3. The van der Waals surface area contributed by atoms with E-state index in [0.717, 1.165) is 31.2 Å². The molecule has 1 unspecified atom stereocenters. The summed E-state index contributed by atoms with van der Waals surface area (Å²) in [5.74, 6) is -0.233. The fraction of sp³-hybridized carbons (Fsp3) is 0.567. The van der Waals surface area contributed by atoms with Gasteiger partial charge in [0.15, 0.2) is 0 Å². The first kappa shape index (κ1) is 29.4. The number of benzene rings is 2. The molecule has 2 aliphatic rings. The van der Waals surface area contributed by atoms with Crippen molar-refractivity contribution < 1.29 is 18.3 Å². The van der Waals surface area contributed by atoms with Gasteiger partial charge in [-0.15, -0.1) is 0 Å². The molecule has 8 nitrogen and oxygen atoms in total. The van der Waals surface area contributed by atoms with E-state index in [1.165, 1.54) is 4.31 Å². The summed E-state index contributed by atoms with van der Waals surface area (Å²) in [4.78, 5) is 13.6. The Labute approximate surface area is 233 Å². The lowest BCUT2D eigenvalue weighted by molar-refractivity contribution is 0.0824. The molecule has 214 valence electrons. The third-order valence-corrected chi connectivity index (χ3v) is 9.73. The monoisotopic (exact) mass is 556 g/mol. The van der Waals surface area contributed by atoms with Crippen molar-refractivity contribution in [3.8, 4) is 0 Å². The highest BCUT2D eigenvalue weighted by Crippen LogP contribution is 2.37. The molecule has 0 aromatic heterocycles. The Morgan fingerprint density at radius 3 is 2.59 bits per heavy atom. The molecule has 2 fully saturated rings. The summed E-state index contributed by atoms with van der Waals surface area (Å²) in [6, 6.07) is 14.8. The average Bonchev–Trinajstić information content (AvgIpc) is 3.25. The summed E-state index contributed by atoms with van der Waals surface area (Å²) in [5, 5.41) is 21.1. The van der Waals surface area contributed by atoms with Crippen molar-refractivity contribution in [1.82, 2.24) is 10.6 Å². The Morgan fingerprint density at radius 2 is 1.92 bits per heavy atom. The molecule has 9 heteroatoms. The van der Waals surface area contributed by atoms with Gasteiger partial charge in [0.05, 0.1) is 23.6 Å². The van der Waals surface area contributed by atoms with Gasteiger partial charge in [0.25, 0.3) is 5.91 Å². The molecule has 0 bridgehead atoms. The van der Waals surface area contributed by atoms with E-state index in [-0.39, 0.29) is 11.7 Å². The van der Waals surface area contributed by atoms with E-state index < -0.39 is 22.2 Å². The second kappa shape index (κ2) is 12.7. The molecule has 1 aliphatic heterocycles. The minimum absolute atomic E-state index is 0.108. The molecule has 1 heterocycles. The van der Waals surface area contributed by atoms with Crippen LogP contribution >= 0.6 is 0 Å². The lowest BCUT2D eigenvalue weighted by Gasteiger charge is -2.29. The zero-order valence-electron chi connectivity index (χ0n) is 23.4. The second-order valence-corrected chi connectivity index (χ2v) is 13.8. The normalized spacial score (nSPS) is 21.7. The highest BCUT2D eigenvalue weighted by molar-refractivity contribution is 7.92. The van der Waals surface area contributed by atoms with Gasteiger partial charge in [0.2, 0.25) is 10.0 Å². The molecule has 2 aromatic rings. The van der Waals surface area contributed by atoms with Crippen LogP contribution in [0, 0.1) is 5.41 Å². The largest absolute Gasteiger partial charge is 0.390 e. The number of rotatable bonds is 11. The molecule has 2 aromatic carbocycles. The summed E-state index contributed by atoms with van der Waals surface area (Å²) < 4.78 is 27.0. The average molecular weight is 557 g/mol. The standard InChI is InChI=1S/C30H44N4O4S/c1-4-31-25-17-23(18-26(19-25)34-14-8-9-15-39(34,37)38)29(36)33-27(16-22-10-6-5-7-11-22)28(35)21-32-24-12-13-30(2,3)20-24/h5-7,10-11,17-19,24,27-28,31-32,35H,4,8-9,12-16,20-21H2,1-3H3,(H,33,36)/t24?,27-,28+/m0/s1. The predicted octanol–water partition coefficient (Wildman–Crippen LogP) is 3.92. The van der Waals surface area contributed by atoms with Gasteiger partial charge < -0.3 is 21.1 Å². The molecule has 1 amide bonds. The summed E-state index contributed by atoms with van der Waals surface area (Å²) in [7, 11) is -3.43. The van der Waals surface area contributed by atoms with E-state index in [0.29, 0.717) is 60.9 Å². The molecule has 3 atom stereocenters. The molecule has 4 rings (SSSR count). The molecular weight excluding hydrogens is 512 g/mol. The Balaban J connectivity index is 1.54. The first-order valence-electron chi connectivity index (χ1n) is 14.2. The van der Waals surface area contributed by atoms with Gasteiger partial charge in [-0.05, 0) is 74.6 Å². The van der Waals surface area contributed by atoms with Gasteiger partial charge in [0, 0.05) is 36.9 Å². The van der Waals surface area contributed by atoms with Crippen LogP contribution < -0.4 is 20.3 Å². The third kappa shape index (κ3) is 7.96. The number of carbonyl (C=O) groups excluding carboxylic acids is 1. The van der Waals surface area contributed by atoms with Gasteiger partial charge in [0.1, 0.15) is 0 Å². The maximum atomic E-state index is 13.6. The fourth-order valence-electron chi connectivity index (χ4n) is 5.71. The van der Waals surface area contributed by atoms with E-state index >= 15 is 0 Å². The Hall–Kier alpha value is -2.62. The molecule has 0 radical (unpaired) electrons. The number of carbonyl (C=O) groups is 1. The number of amides is 1. The van der Waals surface area contributed by atoms with Crippen molar-refractivity contribution in [3.63, 3.8) is 0 Å². The van der Waals surface area contributed by atoms with Crippen molar-refractivity contribution in [2.45, 2.75) is 77.5 Å². The molecular formula is C30H44N4O4S. The smallest absolute Gasteiger partial charge is 0.251 e. The quantitative estimate of drug-likeness (QED) is 0.334. The minimum Gasteiger partial charge on any atom is -0.390 e. The molecule has 1 saturated heterocycles. The lowest BCUT2D eigenvalue weighted by Crippen LogP contribution is -2.50. The number of sulfonamides is 1. The predicted molar refractivity (Wildman–Crippen MR) is 158 cm³/mol. The van der Waals surface area contributed by atoms with E-state index in [1.54, 1.807) is 18.2 Å². The van der Waals surface area contributed by atoms with Crippen molar-refractivity contribution >= 4 is 27.3 Å². The van der Waals surface area contributed by atoms with E-state index in [2.05, 4.69) is 29.8 Å². The van der Waals surface area contributed by atoms with Crippen LogP contribution in [0.25, 0.3) is 0 Å². The topological polar surface area (TPSA) is 111 Å². The van der Waals surface area contributed by atoms with Crippen LogP contribution in [0.3, 0.4) is 0 Å². The fourth-order valence-corrected chi connectivity index (χ4v) is 7.34. The first-order valence-corrected chi connectivity index (χ1v) is 15.8. The van der Waals surface area contributed by atoms with Crippen molar-refractivity contribution in [2.24, 2.45) is 5.41 Å². The van der Waals surface area contributed by atoms with Crippen LogP contribution in [0.1, 0.15) is 68.8 Å². The minimum atomic E-state index is -3.43. The van der Waals surface area contributed by atoms with Crippen LogP contribution in [0.15, 0.2) is 48.5 Å². The summed E-state index contributed by atoms with van der Waals surface area (Å²) in [6.45, 7) is 7.92. The number of hydrogen-bond donors (Lipinski definition) is 4. The summed E-state index contributed by atoms with van der Waals surface area (Å²) >= 11 is 0. The highest BCUT2D eigenvalue weighted by atomic mass is 32.2. The van der Waals surface area contributed by atoms with Crippen molar-refractivity contribution in [2.75, 3.05) is 35.0 Å². The van der Waals surface area contributed by atoms with E-state index in [4.69, 9.17) is 0 Å². The Morgan fingerprint density at radius 1 is 1.15 bits per heavy atom. The Kier molecular flexibility index (Phi) is 9.56. The first-order chi connectivity index (χ1) is 18.6. The molecule has 1 saturated carbocycles. The number of aliphatic hydroxyl groups is 1. The molecule has 1 aliphatic carbocycles. The third-order valence-electron chi connectivity index (χ3n) is 7.86. The van der Waals surface area contributed by atoms with Gasteiger partial charge in [-0.3, -0.25) is 9.10 Å². The summed E-state index contributed by atoms with van der Waals surface area (Å²) in [5.41, 5.74) is 2.86. The van der Waals surface area contributed by atoms with Crippen molar-refractivity contribution in [1.29, 1.82) is 0 Å². The number of hydrogen-bond acceptors (Lipinski definition) is 6. The maximum absolute atomic E-state index is 13.6. The molecule has 0 spiro atoms.